The fourth-order valence-corrected chi connectivity index (χ4v) is 2.84. The Morgan fingerprint density at radius 3 is 2.71 bits per heavy atom. The van der Waals surface area contributed by atoms with Crippen LogP contribution in [0.15, 0.2) is 51.9 Å². The number of nitrogens with zero attached hydrogens (tertiary/aromatic N) is 2. The molecule has 2 N–H and O–H groups in total. The topological polar surface area (TPSA) is 41.6 Å². The van der Waals surface area contributed by atoms with Crippen LogP contribution in [0.4, 0.5) is 14.5 Å². The second-order valence-electron chi connectivity index (χ2n) is 4.71. The van der Waals surface area contributed by atoms with Gasteiger partial charge in [0.05, 0.1) is 12.6 Å². The molecule has 0 fully saturated rings. The van der Waals surface area contributed by atoms with Gasteiger partial charge in [0.15, 0.2) is 17.6 Å². The van der Waals surface area contributed by atoms with Gasteiger partial charge in [-0.3, -0.25) is 4.99 Å². The van der Waals surface area contributed by atoms with E-state index in [1.165, 1.54) is 6.07 Å². The third kappa shape index (κ3) is 2.51. The summed E-state index contributed by atoms with van der Waals surface area (Å²) in [6, 6.07) is 11.1. The number of rotatable bonds is 2. The van der Waals surface area contributed by atoms with Crippen molar-refractivity contribution in [1.29, 1.82) is 0 Å². The maximum absolute atomic E-state index is 14.0. The molecule has 0 aliphatic carbocycles. The predicted octanol–water partition coefficient (Wildman–Crippen LogP) is 3.60. The standard InChI is InChI=1S/C15H12BrF2N3/c16-9-3-1-4-10(7-9)21-13(8-20-15(21)19)11-5-2-6-12(17)14(11)18/h1-7,13H,8H2,(H2,19,20). The number of aliphatic imine (C=N–C) groups is 1. The lowest BCUT2D eigenvalue weighted by atomic mass is 10.0. The van der Waals surface area contributed by atoms with E-state index in [2.05, 4.69) is 20.9 Å². The summed E-state index contributed by atoms with van der Waals surface area (Å²) in [6.07, 6.45) is 0. The lowest BCUT2D eigenvalue weighted by Gasteiger charge is -2.27. The van der Waals surface area contributed by atoms with Crippen molar-refractivity contribution in [3.63, 3.8) is 0 Å². The molecule has 0 spiro atoms. The molecule has 108 valence electrons. The molecule has 1 aliphatic heterocycles. The highest BCUT2D eigenvalue weighted by molar-refractivity contribution is 9.10. The average molecular weight is 352 g/mol. The van der Waals surface area contributed by atoms with E-state index in [9.17, 15) is 8.78 Å². The Balaban J connectivity index is 2.05. The first-order valence-corrected chi connectivity index (χ1v) is 7.16. The highest BCUT2D eigenvalue weighted by atomic mass is 79.9. The van der Waals surface area contributed by atoms with Crippen LogP contribution in [0.3, 0.4) is 0 Å². The zero-order chi connectivity index (χ0) is 15.0. The molecule has 3 nitrogen and oxygen atoms in total. The van der Waals surface area contributed by atoms with Gasteiger partial charge in [-0.25, -0.2) is 8.78 Å². The zero-order valence-corrected chi connectivity index (χ0v) is 12.5. The molecular formula is C15H12BrF2N3. The number of benzene rings is 2. The molecule has 0 saturated heterocycles. The molecule has 0 bridgehead atoms. The van der Waals surface area contributed by atoms with Crippen molar-refractivity contribution in [2.75, 3.05) is 11.4 Å². The zero-order valence-electron chi connectivity index (χ0n) is 10.9. The van der Waals surface area contributed by atoms with Crippen molar-refractivity contribution in [2.24, 2.45) is 10.7 Å². The Bertz CT molecular complexity index is 718. The molecule has 2 aromatic carbocycles. The minimum absolute atomic E-state index is 0.249. The fraction of sp³-hybridized carbons (Fsp3) is 0.133. The number of hydrogen-bond acceptors (Lipinski definition) is 3. The molecule has 1 aliphatic rings. The van der Waals surface area contributed by atoms with Crippen LogP contribution in [0, 0.1) is 11.6 Å². The monoisotopic (exact) mass is 351 g/mol. The number of guanidine groups is 1. The van der Waals surface area contributed by atoms with Gasteiger partial charge in [-0.15, -0.1) is 0 Å². The lowest BCUT2D eigenvalue weighted by molar-refractivity contribution is 0.491. The Hall–Kier alpha value is -1.95. The van der Waals surface area contributed by atoms with Crippen LogP contribution in [0.2, 0.25) is 0 Å². The maximum atomic E-state index is 14.0. The Labute approximate surface area is 129 Å². The summed E-state index contributed by atoms with van der Waals surface area (Å²) >= 11 is 3.39. The summed E-state index contributed by atoms with van der Waals surface area (Å²) in [5.41, 5.74) is 6.95. The van der Waals surface area contributed by atoms with E-state index in [4.69, 9.17) is 5.73 Å². The summed E-state index contributed by atoms with van der Waals surface area (Å²) in [5.74, 6) is -1.43. The van der Waals surface area contributed by atoms with Crippen molar-refractivity contribution in [2.45, 2.75) is 6.04 Å². The molecule has 3 rings (SSSR count). The quantitative estimate of drug-likeness (QED) is 0.897. The number of nitrogens with two attached hydrogens (primary N) is 1. The molecule has 0 saturated carbocycles. The molecular weight excluding hydrogens is 340 g/mol. The van der Waals surface area contributed by atoms with Crippen LogP contribution < -0.4 is 10.6 Å². The third-order valence-electron chi connectivity index (χ3n) is 3.41. The summed E-state index contributed by atoms with van der Waals surface area (Å²) < 4.78 is 28.4. The van der Waals surface area contributed by atoms with E-state index in [1.54, 1.807) is 11.0 Å². The van der Waals surface area contributed by atoms with Crippen LogP contribution in [0.25, 0.3) is 0 Å². The van der Waals surface area contributed by atoms with Crippen molar-refractivity contribution < 1.29 is 8.78 Å². The van der Waals surface area contributed by atoms with E-state index in [-0.39, 0.29) is 5.56 Å². The number of halogens is 3. The average Bonchev–Trinajstić information content (AvgIpc) is 2.83. The van der Waals surface area contributed by atoms with Gasteiger partial charge in [-0.05, 0) is 24.3 Å². The van der Waals surface area contributed by atoms with E-state index < -0.39 is 17.7 Å². The van der Waals surface area contributed by atoms with E-state index >= 15 is 0 Å². The molecule has 1 unspecified atom stereocenters. The highest BCUT2D eigenvalue weighted by Crippen LogP contribution is 2.33. The summed E-state index contributed by atoms with van der Waals surface area (Å²) in [6.45, 7) is 0.290. The number of hydrogen-bond donors (Lipinski definition) is 1. The molecule has 6 heteroatoms. The minimum atomic E-state index is -0.868. The van der Waals surface area contributed by atoms with E-state index in [0.717, 1.165) is 16.2 Å². The van der Waals surface area contributed by atoms with Gasteiger partial charge in [0.2, 0.25) is 0 Å². The van der Waals surface area contributed by atoms with Gasteiger partial charge >= 0.3 is 0 Å². The molecule has 0 amide bonds. The Morgan fingerprint density at radius 2 is 1.95 bits per heavy atom. The molecule has 1 atom stereocenters. The van der Waals surface area contributed by atoms with Crippen molar-refractivity contribution in [3.05, 3.63) is 64.1 Å². The summed E-state index contributed by atoms with van der Waals surface area (Å²) in [5, 5.41) is 0. The first-order chi connectivity index (χ1) is 10.1. The fourth-order valence-electron chi connectivity index (χ4n) is 2.45. The lowest BCUT2D eigenvalue weighted by Crippen LogP contribution is -2.36. The SMILES string of the molecule is NC1=NCC(c2cccc(F)c2F)N1c1cccc(Br)c1. The smallest absolute Gasteiger partial charge is 0.196 e. The largest absolute Gasteiger partial charge is 0.369 e. The van der Waals surface area contributed by atoms with Crippen LogP contribution in [0.5, 0.6) is 0 Å². The van der Waals surface area contributed by atoms with Crippen LogP contribution in [-0.4, -0.2) is 12.5 Å². The minimum Gasteiger partial charge on any atom is -0.369 e. The molecule has 2 aromatic rings. The van der Waals surface area contributed by atoms with Gasteiger partial charge in [-0.1, -0.05) is 34.1 Å². The van der Waals surface area contributed by atoms with Gasteiger partial charge in [0.25, 0.3) is 0 Å². The first kappa shape index (κ1) is 14.0. The van der Waals surface area contributed by atoms with Crippen molar-refractivity contribution in [3.8, 4) is 0 Å². The Morgan fingerprint density at radius 1 is 1.19 bits per heavy atom. The van der Waals surface area contributed by atoms with Crippen LogP contribution in [-0.2, 0) is 0 Å². The second-order valence-corrected chi connectivity index (χ2v) is 5.62. The van der Waals surface area contributed by atoms with Crippen molar-refractivity contribution >= 4 is 27.6 Å². The van der Waals surface area contributed by atoms with Crippen LogP contribution in [0.1, 0.15) is 11.6 Å². The van der Waals surface area contributed by atoms with E-state index in [1.807, 2.05) is 24.3 Å². The van der Waals surface area contributed by atoms with Gasteiger partial charge in [0, 0.05) is 15.7 Å². The number of anilines is 1. The third-order valence-corrected chi connectivity index (χ3v) is 3.90. The van der Waals surface area contributed by atoms with Gasteiger partial charge < -0.3 is 10.6 Å². The molecule has 1 heterocycles. The van der Waals surface area contributed by atoms with Crippen LogP contribution >= 0.6 is 15.9 Å². The van der Waals surface area contributed by atoms with E-state index in [0.29, 0.717) is 12.5 Å². The van der Waals surface area contributed by atoms with Gasteiger partial charge in [0.1, 0.15) is 0 Å². The highest BCUT2D eigenvalue weighted by Gasteiger charge is 2.31. The van der Waals surface area contributed by atoms with Gasteiger partial charge in [-0.2, -0.15) is 0 Å². The Kier molecular flexibility index (Phi) is 3.63. The second kappa shape index (κ2) is 5.44. The van der Waals surface area contributed by atoms with Crippen molar-refractivity contribution in [1.82, 2.24) is 0 Å². The summed E-state index contributed by atoms with van der Waals surface area (Å²) in [4.78, 5) is 5.88. The first-order valence-electron chi connectivity index (χ1n) is 6.36. The maximum Gasteiger partial charge on any atom is 0.196 e. The summed E-state index contributed by atoms with van der Waals surface area (Å²) in [7, 11) is 0. The molecule has 0 radical (unpaired) electrons. The molecule has 0 aromatic heterocycles. The predicted molar refractivity (Wildman–Crippen MR) is 82.2 cm³/mol. The normalized spacial score (nSPS) is 18.0. The molecule has 21 heavy (non-hydrogen) atoms.